The van der Waals surface area contributed by atoms with Crippen LogP contribution in [0.4, 0.5) is 10.5 Å². The Kier molecular flexibility index (Phi) is 6.51. The van der Waals surface area contributed by atoms with E-state index in [0.29, 0.717) is 24.4 Å². The summed E-state index contributed by atoms with van der Waals surface area (Å²) in [4.78, 5) is 26.0. The second-order valence-corrected chi connectivity index (χ2v) is 6.98. The van der Waals surface area contributed by atoms with E-state index in [2.05, 4.69) is 10.4 Å². The summed E-state index contributed by atoms with van der Waals surface area (Å²) in [6.45, 7) is 6.45. The van der Waals surface area contributed by atoms with Crippen LogP contribution in [-0.2, 0) is 11.3 Å². The zero-order valence-electron chi connectivity index (χ0n) is 17.7. The molecule has 0 spiro atoms. The van der Waals surface area contributed by atoms with Crippen LogP contribution in [0.5, 0.6) is 0 Å². The van der Waals surface area contributed by atoms with Crippen molar-refractivity contribution in [2.75, 3.05) is 19.0 Å². The molecule has 30 heavy (non-hydrogen) atoms. The van der Waals surface area contributed by atoms with Crippen molar-refractivity contribution in [2.24, 2.45) is 0 Å². The first kappa shape index (κ1) is 21.1. The number of nitrogens with one attached hydrogen (secondary N) is 1. The molecule has 0 unspecified atom stereocenters. The maximum Gasteiger partial charge on any atom is 0.411 e. The third-order valence-electron chi connectivity index (χ3n) is 4.84. The summed E-state index contributed by atoms with van der Waals surface area (Å²) in [5, 5.41) is 7.26. The Morgan fingerprint density at radius 2 is 1.73 bits per heavy atom. The molecule has 2 amide bonds. The average Bonchev–Trinajstić information content (AvgIpc) is 3.03. The van der Waals surface area contributed by atoms with E-state index in [4.69, 9.17) is 4.74 Å². The van der Waals surface area contributed by atoms with Gasteiger partial charge in [-0.15, -0.1) is 0 Å². The molecule has 0 radical (unpaired) electrons. The van der Waals surface area contributed by atoms with Crippen LogP contribution >= 0.6 is 0 Å². The van der Waals surface area contributed by atoms with Crippen LogP contribution in [-0.4, -0.2) is 40.3 Å². The average molecular weight is 406 g/mol. The number of rotatable bonds is 6. The van der Waals surface area contributed by atoms with Gasteiger partial charge in [0.2, 0.25) is 0 Å². The molecule has 0 saturated carbocycles. The van der Waals surface area contributed by atoms with Crippen molar-refractivity contribution in [3.63, 3.8) is 0 Å². The fourth-order valence-electron chi connectivity index (χ4n) is 3.23. The van der Waals surface area contributed by atoms with E-state index in [1.54, 1.807) is 43.1 Å². The quantitative estimate of drug-likeness (QED) is 0.661. The molecule has 0 bridgehead atoms. The van der Waals surface area contributed by atoms with Gasteiger partial charge in [0.25, 0.3) is 5.91 Å². The number of aromatic nitrogens is 2. The van der Waals surface area contributed by atoms with Gasteiger partial charge in [-0.1, -0.05) is 18.2 Å². The molecule has 1 heterocycles. The van der Waals surface area contributed by atoms with Crippen molar-refractivity contribution in [1.82, 2.24) is 14.7 Å². The molecule has 7 heteroatoms. The van der Waals surface area contributed by atoms with Crippen molar-refractivity contribution in [3.8, 4) is 5.69 Å². The van der Waals surface area contributed by atoms with E-state index in [1.165, 1.54) is 0 Å². The van der Waals surface area contributed by atoms with Gasteiger partial charge in [-0.05, 0) is 57.2 Å². The second-order valence-electron chi connectivity index (χ2n) is 6.98. The first-order valence-electron chi connectivity index (χ1n) is 9.80. The molecular weight excluding hydrogens is 380 g/mol. The topological polar surface area (TPSA) is 76.5 Å². The van der Waals surface area contributed by atoms with Crippen LogP contribution in [0, 0.1) is 13.8 Å². The molecule has 156 valence electrons. The van der Waals surface area contributed by atoms with Crippen molar-refractivity contribution in [2.45, 2.75) is 27.3 Å². The summed E-state index contributed by atoms with van der Waals surface area (Å²) in [6, 6.07) is 16.7. The smallest absolute Gasteiger partial charge is 0.411 e. The number of carbonyl (C=O) groups excluding carboxylic acids is 2. The number of hydrogen-bond acceptors (Lipinski definition) is 4. The van der Waals surface area contributed by atoms with Crippen molar-refractivity contribution in [3.05, 3.63) is 77.1 Å². The summed E-state index contributed by atoms with van der Waals surface area (Å²) in [6.07, 6.45) is -0.518. The summed E-state index contributed by atoms with van der Waals surface area (Å²) in [5.41, 5.74) is 5.02. The lowest BCUT2D eigenvalue weighted by Crippen LogP contribution is -2.26. The van der Waals surface area contributed by atoms with Gasteiger partial charge in [0.05, 0.1) is 18.0 Å². The van der Waals surface area contributed by atoms with Gasteiger partial charge in [-0.2, -0.15) is 5.10 Å². The SMILES string of the molecule is CCOC(=O)Nc1ccc(C(=O)N(C)Cc2c(C)nn(-c3ccccc3)c2C)cc1. The molecule has 0 saturated heterocycles. The van der Waals surface area contributed by atoms with Crippen molar-refractivity contribution < 1.29 is 14.3 Å². The number of carbonyl (C=O) groups is 2. The molecule has 0 atom stereocenters. The van der Waals surface area contributed by atoms with Crippen molar-refractivity contribution >= 4 is 17.7 Å². The molecule has 1 N–H and O–H groups in total. The Hall–Kier alpha value is -3.61. The molecule has 0 aliphatic rings. The third kappa shape index (κ3) is 4.68. The van der Waals surface area contributed by atoms with Crippen LogP contribution in [0.2, 0.25) is 0 Å². The van der Waals surface area contributed by atoms with Crippen LogP contribution in [0.25, 0.3) is 5.69 Å². The molecule has 3 aromatic rings. The maximum absolute atomic E-state index is 12.9. The molecular formula is C23H26N4O3. The molecule has 1 aromatic heterocycles. The lowest BCUT2D eigenvalue weighted by molar-refractivity contribution is 0.0784. The number of amides is 2. The molecule has 3 rings (SSSR count). The number of para-hydroxylation sites is 1. The van der Waals surface area contributed by atoms with E-state index in [-0.39, 0.29) is 5.91 Å². The Balaban J connectivity index is 1.72. The zero-order valence-corrected chi connectivity index (χ0v) is 17.7. The summed E-state index contributed by atoms with van der Waals surface area (Å²) < 4.78 is 6.75. The van der Waals surface area contributed by atoms with Gasteiger partial charge < -0.3 is 9.64 Å². The van der Waals surface area contributed by atoms with Crippen LogP contribution < -0.4 is 5.32 Å². The van der Waals surface area contributed by atoms with E-state index >= 15 is 0 Å². The third-order valence-corrected chi connectivity index (χ3v) is 4.84. The van der Waals surface area contributed by atoms with Gasteiger partial charge in [-0.25, -0.2) is 9.48 Å². The van der Waals surface area contributed by atoms with Crippen LogP contribution in [0.15, 0.2) is 54.6 Å². The van der Waals surface area contributed by atoms with Gasteiger partial charge in [-0.3, -0.25) is 10.1 Å². The highest BCUT2D eigenvalue weighted by molar-refractivity contribution is 5.95. The lowest BCUT2D eigenvalue weighted by Gasteiger charge is -2.18. The normalized spacial score (nSPS) is 10.5. The molecule has 2 aromatic carbocycles. The highest BCUT2D eigenvalue weighted by Gasteiger charge is 2.18. The fourth-order valence-corrected chi connectivity index (χ4v) is 3.23. The number of anilines is 1. The highest BCUT2D eigenvalue weighted by Crippen LogP contribution is 2.20. The molecule has 0 aliphatic heterocycles. The number of aryl methyl sites for hydroxylation is 1. The van der Waals surface area contributed by atoms with E-state index in [9.17, 15) is 9.59 Å². The highest BCUT2D eigenvalue weighted by atomic mass is 16.5. The molecule has 7 nitrogen and oxygen atoms in total. The Morgan fingerprint density at radius 1 is 1.07 bits per heavy atom. The zero-order chi connectivity index (χ0) is 21.7. The minimum absolute atomic E-state index is 0.107. The first-order valence-corrected chi connectivity index (χ1v) is 9.80. The summed E-state index contributed by atoms with van der Waals surface area (Å²) in [5.74, 6) is -0.107. The first-order chi connectivity index (χ1) is 14.4. The summed E-state index contributed by atoms with van der Waals surface area (Å²) >= 11 is 0. The number of hydrogen-bond donors (Lipinski definition) is 1. The van der Waals surface area contributed by atoms with Gasteiger partial charge >= 0.3 is 6.09 Å². The standard InChI is InChI=1S/C23H26N4O3/c1-5-30-23(29)24-19-13-11-18(12-14-19)22(28)26(4)15-21-16(2)25-27(17(21)3)20-9-7-6-8-10-20/h6-14H,5,15H2,1-4H3,(H,24,29). The second kappa shape index (κ2) is 9.26. The van der Waals surface area contributed by atoms with Crippen LogP contribution in [0.3, 0.4) is 0 Å². The summed E-state index contributed by atoms with van der Waals surface area (Å²) in [7, 11) is 1.77. The largest absolute Gasteiger partial charge is 0.450 e. The van der Waals surface area contributed by atoms with Crippen molar-refractivity contribution in [1.29, 1.82) is 0 Å². The van der Waals surface area contributed by atoms with Gasteiger partial charge in [0.15, 0.2) is 0 Å². The Labute approximate surface area is 176 Å². The fraction of sp³-hybridized carbons (Fsp3) is 0.261. The number of ether oxygens (including phenoxy) is 1. The van der Waals surface area contributed by atoms with E-state index in [1.807, 2.05) is 48.9 Å². The van der Waals surface area contributed by atoms with Crippen LogP contribution in [0.1, 0.15) is 34.2 Å². The minimum Gasteiger partial charge on any atom is -0.450 e. The number of nitrogens with zero attached hydrogens (tertiary/aromatic N) is 3. The molecule has 0 fully saturated rings. The predicted molar refractivity (Wildman–Crippen MR) is 116 cm³/mol. The van der Waals surface area contributed by atoms with Gasteiger partial charge in [0, 0.05) is 36.1 Å². The minimum atomic E-state index is -0.518. The monoisotopic (exact) mass is 406 g/mol. The molecule has 0 aliphatic carbocycles. The van der Waals surface area contributed by atoms with E-state index < -0.39 is 6.09 Å². The lowest BCUT2D eigenvalue weighted by atomic mass is 10.1. The maximum atomic E-state index is 12.9. The van der Waals surface area contributed by atoms with E-state index in [0.717, 1.165) is 22.6 Å². The predicted octanol–water partition coefficient (Wildman–Crippen LogP) is 4.33. The number of benzene rings is 2. The Bertz CT molecular complexity index is 1030. The van der Waals surface area contributed by atoms with Gasteiger partial charge in [0.1, 0.15) is 0 Å². The Morgan fingerprint density at radius 3 is 2.37 bits per heavy atom.